The number of nitrogens with zero attached hydrogens (tertiary/aromatic N) is 4. The summed E-state index contributed by atoms with van der Waals surface area (Å²) in [5.41, 5.74) is 5.59. The van der Waals surface area contributed by atoms with E-state index in [4.69, 9.17) is 19.9 Å². The van der Waals surface area contributed by atoms with Gasteiger partial charge >= 0.3 is 11.8 Å². The molecule has 1 aliphatic heterocycles. The molecule has 2 N–H and O–H groups in total. The first-order valence-electron chi connectivity index (χ1n) is 9.25. The lowest BCUT2D eigenvalue weighted by Crippen LogP contribution is -2.32. The van der Waals surface area contributed by atoms with E-state index in [2.05, 4.69) is 9.97 Å². The summed E-state index contributed by atoms with van der Waals surface area (Å²) in [4.78, 5) is 33.0. The topological polar surface area (TPSA) is 143 Å². The summed E-state index contributed by atoms with van der Waals surface area (Å²) in [6.45, 7) is 2.10. The molecule has 11 nitrogen and oxygen atoms in total. The number of hydrogen-bond donors (Lipinski definition) is 1. The van der Waals surface area contributed by atoms with Gasteiger partial charge in [0.2, 0.25) is 11.7 Å². The van der Waals surface area contributed by atoms with Crippen LogP contribution in [0.25, 0.3) is 0 Å². The largest absolute Gasteiger partial charge is 0.488 e. The number of rotatable bonds is 2. The molecule has 0 atom stereocenters. The van der Waals surface area contributed by atoms with E-state index in [-0.39, 0.29) is 43.8 Å². The van der Waals surface area contributed by atoms with Gasteiger partial charge in [0.05, 0.1) is 24.7 Å². The van der Waals surface area contributed by atoms with Crippen LogP contribution in [0.15, 0.2) is 36.5 Å². The maximum Gasteiger partial charge on any atom is 0.414 e. The van der Waals surface area contributed by atoms with Gasteiger partial charge in [-0.2, -0.15) is 4.98 Å². The first kappa shape index (κ1) is 20.8. The minimum absolute atomic E-state index is 0.0605. The molecule has 158 valence electrons. The number of carbonyl (C=O) groups excluding carboxylic acids is 1. The molecule has 1 aliphatic rings. The number of hydrogen-bond acceptors (Lipinski definition) is 9. The predicted molar refractivity (Wildman–Crippen MR) is 107 cm³/mol. The Balaban J connectivity index is 2.17. The maximum absolute atomic E-state index is 12.7. The normalized spacial score (nSPS) is 15.0. The van der Waals surface area contributed by atoms with E-state index in [1.54, 1.807) is 19.1 Å². The van der Waals surface area contributed by atoms with Gasteiger partial charge in [-0.15, -0.1) is 0 Å². The van der Waals surface area contributed by atoms with E-state index in [9.17, 15) is 14.9 Å². The van der Waals surface area contributed by atoms with E-state index in [1.165, 1.54) is 12.3 Å². The van der Waals surface area contributed by atoms with E-state index in [0.717, 1.165) is 4.90 Å². The third-order valence-electron chi connectivity index (χ3n) is 4.13. The summed E-state index contributed by atoms with van der Waals surface area (Å²) in [6, 6.07) is 4.69. The van der Waals surface area contributed by atoms with Crippen LogP contribution in [0.5, 0.6) is 11.6 Å². The van der Waals surface area contributed by atoms with Gasteiger partial charge in [0.1, 0.15) is 23.7 Å². The van der Waals surface area contributed by atoms with Gasteiger partial charge in [-0.1, -0.05) is 12.2 Å². The quantitative estimate of drug-likeness (QED) is 0.445. The number of pyridine rings is 2. The average molecular weight is 415 g/mol. The summed E-state index contributed by atoms with van der Waals surface area (Å²) in [7, 11) is 0. The summed E-state index contributed by atoms with van der Waals surface area (Å²) >= 11 is 0. The Morgan fingerprint density at radius 1 is 1.40 bits per heavy atom. The van der Waals surface area contributed by atoms with Gasteiger partial charge in [0.15, 0.2) is 0 Å². The molecular formula is C19H21N5O6. The van der Waals surface area contributed by atoms with Crippen molar-refractivity contribution in [1.29, 1.82) is 0 Å². The third kappa shape index (κ3) is 4.74. The van der Waals surface area contributed by atoms with Crippen molar-refractivity contribution in [2.45, 2.75) is 19.9 Å². The molecule has 11 heteroatoms. The molecule has 3 rings (SSSR count). The van der Waals surface area contributed by atoms with Crippen molar-refractivity contribution in [3.8, 4) is 11.6 Å². The van der Waals surface area contributed by atoms with E-state index < -0.39 is 16.7 Å². The molecule has 0 saturated carbocycles. The van der Waals surface area contributed by atoms with Gasteiger partial charge in [-0.25, -0.2) is 4.79 Å². The molecule has 0 aromatic carbocycles. The van der Waals surface area contributed by atoms with Gasteiger partial charge in [0.25, 0.3) is 0 Å². The lowest BCUT2D eigenvalue weighted by molar-refractivity contribution is -0.383. The number of nitro groups is 1. The minimum Gasteiger partial charge on any atom is -0.488 e. The van der Waals surface area contributed by atoms with Crippen LogP contribution in [0.4, 0.5) is 22.0 Å². The van der Waals surface area contributed by atoms with Crippen molar-refractivity contribution in [2.75, 3.05) is 30.5 Å². The van der Waals surface area contributed by atoms with E-state index >= 15 is 0 Å². The number of amides is 1. The van der Waals surface area contributed by atoms with Crippen LogP contribution in [-0.2, 0) is 11.3 Å². The van der Waals surface area contributed by atoms with Crippen LogP contribution >= 0.6 is 0 Å². The molecule has 0 aliphatic carbocycles. The van der Waals surface area contributed by atoms with Crippen molar-refractivity contribution in [1.82, 2.24) is 9.97 Å². The molecule has 3 heterocycles. The van der Waals surface area contributed by atoms with Crippen molar-refractivity contribution in [3.63, 3.8) is 0 Å². The second-order valence-corrected chi connectivity index (χ2v) is 6.12. The maximum atomic E-state index is 12.7. The van der Waals surface area contributed by atoms with Crippen LogP contribution in [0, 0.1) is 10.1 Å². The third-order valence-corrected chi connectivity index (χ3v) is 4.13. The Bertz CT molecular complexity index is 964. The average Bonchev–Trinajstić information content (AvgIpc) is 2.71. The lowest BCUT2D eigenvalue weighted by atomic mass is 10.2. The first-order chi connectivity index (χ1) is 14.5. The standard InChI is InChI=1S/C19H21N5O6/c1-2-28-19(25)23-12-13-15(7-6-8-21-13)29-9-4-3-5-10-30-16-11-14(23)17(24(26)27)18(20)22-16/h3-4,6-8,11H,2,5,9-10,12H2,1H3,(H2,20,22)/b4-3+. The van der Waals surface area contributed by atoms with Crippen LogP contribution in [0.3, 0.4) is 0 Å². The smallest absolute Gasteiger partial charge is 0.414 e. The molecule has 30 heavy (non-hydrogen) atoms. The molecule has 0 spiro atoms. The first-order valence-corrected chi connectivity index (χ1v) is 9.25. The second kappa shape index (κ2) is 9.54. The molecule has 1 amide bonds. The monoisotopic (exact) mass is 415 g/mol. The fraction of sp³-hybridized carbons (Fsp3) is 0.316. The molecule has 2 aromatic rings. The number of anilines is 2. The van der Waals surface area contributed by atoms with E-state index in [0.29, 0.717) is 17.9 Å². The fourth-order valence-corrected chi connectivity index (χ4v) is 2.82. The number of fused-ring (bicyclic) bond motifs is 3. The van der Waals surface area contributed by atoms with Gasteiger partial charge in [0, 0.05) is 12.3 Å². The van der Waals surface area contributed by atoms with Gasteiger partial charge in [-0.3, -0.25) is 20.0 Å². The summed E-state index contributed by atoms with van der Waals surface area (Å²) in [6.07, 6.45) is 4.99. The Morgan fingerprint density at radius 2 is 2.23 bits per heavy atom. The zero-order valence-electron chi connectivity index (χ0n) is 16.3. The zero-order valence-corrected chi connectivity index (χ0v) is 16.3. The van der Waals surface area contributed by atoms with Crippen LogP contribution < -0.4 is 20.1 Å². The highest BCUT2D eigenvalue weighted by Crippen LogP contribution is 2.37. The highest BCUT2D eigenvalue weighted by atomic mass is 16.6. The molecular weight excluding hydrogens is 394 g/mol. The Labute approximate surface area is 172 Å². The van der Waals surface area contributed by atoms with Crippen LogP contribution in [0.1, 0.15) is 19.0 Å². The number of ether oxygens (including phenoxy) is 3. The molecule has 0 fully saturated rings. The Morgan fingerprint density at radius 3 is 3.00 bits per heavy atom. The fourth-order valence-electron chi connectivity index (χ4n) is 2.82. The number of carbonyl (C=O) groups is 1. The number of nitrogen functional groups attached to an aromatic ring is 1. The lowest BCUT2D eigenvalue weighted by Gasteiger charge is -2.23. The second-order valence-electron chi connectivity index (χ2n) is 6.12. The molecule has 2 aromatic heterocycles. The van der Waals surface area contributed by atoms with Crippen LogP contribution in [0.2, 0.25) is 0 Å². The number of nitrogens with two attached hydrogens (primary N) is 1. The highest BCUT2D eigenvalue weighted by Gasteiger charge is 2.31. The van der Waals surface area contributed by atoms with Crippen molar-refractivity contribution in [3.05, 3.63) is 52.4 Å². The minimum atomic E-state index is -0.805. The predicted octanol–water partition coefficient (Wildman–Crippen LogP) is 2.85. The number of aromatic nitrogens is 2. The molecule has 2 bridgehead atoms. The zero-order chi connectivity index (χ0) is 21.5. The molecule has 0 radical (unpaired) electrons. The Kier molecular flexibility index (Phi) is 6.63. The van der Waals surface area contributed by atoms with Crippen molar-refractivity contribution >= 4 is 23.3 Å². The van der Waals surface area contributed by atoms with Crippen molar-refractivity contribution < 1.29 is 23.9 Å². The summed E-state index contributed by atoms with van der Waals surface area (Å²) in [5, 5.41) is 11.7. The molecule has 0 saturated heterocycles. The summed E-state index contributed by atoms with van der Waals surface area (Å²) < 4.78 is 16.4. The summed E-state index contributed by atoms with van der Waals surface area (Å²) in [5.74, 6) is 0.127. The van der Waals surface area contributed by atoms with Gasteiger partial charge in [-0.05, 0) is 25.5 Å². The Hall–Kier alpha value is -3.89. The van der Waals surface area contributed by atoms with Crippen molar-refractivity contribution in [2.24, 2.45) is 0 Å². The van der Waals surface area contributed by atoms with E-state index in [1.807, 2.05) is 12.2 Å². The SMILES string of the molecule is CCOC(=O)N1Cc2ncccc2OC/C=C/CCOc2cc1c([N+](=O)[O-])c(N)n2. The van der Waals surface area contributed by atoms with Crippen LogP contribution in [-0.4, -0.2) is 40.8 Å². The highest BCUT2D eigenvalue weighted by molar-refractivity contribution is 5.92. The molecule has 0 unspecified atom stereocenters. The van der Waals surface area contributed by atoms with Gasteiger partial charge < -0.3 is 19.9 Å².